The molecule has 0 radical (unpaired) electrons. The Bertz CT molecular complexity index is 1180. The first kappa shape index (κ1) is 21.5. The number of carbonyl (C=O) groups excluding carboxylic acids is 1. The van der Waals surface area contributed by atoms with Crippen molar-refractivity contribution in [3.63, 3.8) is 0 Å². The second kappa shape index (κ2) is 8.90. The van der Waals surface area contributed by atoms with Gasteiger partial charge < -0.3 is 5.32 Å². The fraction of sp³-hybridized carbons (Fsp3) is 0.261. The van der Waals surface area contributed by atoms with Crippen molar-refractivity contribution in [2.45, 2.75) is 24.9 Å². The molecule has 1 N–H and O–H groups in total. The molecular weight excluding hydrogens is 465 g/mol. The molecule has 0 fully saturated rings. The highest BCUT2D eigenvalue weighted by Gasteiger charge is 2.30. The van der Waals surface area contributed by atoms with Gasteiger partial charge >= 0.3 is 0 Å². The zero-order chi connectivity index (χ0) is 22.2. The monoisotopic (exact) mass is 485 g/mol. The third-order valence-electron chi connectivity index (χ3n) is 5.77. The molecule has 0 unspecified atom stereocenters. The Morgan fingerprint density at radius 3 is 2.75 bits per heavy atom. The third kappa shape index (κ3) is 4.06. The number of anilines is 3. The summed E-state index contributed by atoms with van der Waals surface area (Å²) in [7, 11) is 0. The number of hydrogen-bond acceptors (Lipinski definition) is 6. The Labute approximate surface area is 200 Å². The van der Waals surface area contributed by atoms with E-state index in [9.17, 15) is 4.79 Å². The second-order valence-corrected chi connectivity index (χ2v) is 9.46. The number of nitrogens with one attached hydrogen (secondary N) is 1. The maximum atomic E-state index is 13.1. The highest BCUT2D eigenvalue weighted by molar-refractivity contribution is 7.99. The molecule has 1 amide bonds. The van der Waals surface area contributed by atoms with Crippen molar-refractivity contribution in [1.29, 1.82) is 0 Å². The minimum absolute atomic E-state index is 0.214. The number of para-hydroxylation sites is 1. The minimum Gasteiger partial charge on any atom is -0.324 e. The summed E-state index contributed by atoms with van der Waals surface area (Å²) >= 11 is 14.1. The fourth-order valence-corrected chi connectivity index (χ4v) is 5.56. The van der Waals surface area contributed by atoms with Crippen molar-refractivity contribution in [1.82, 2.24) is 14.9 Å². The smallest absolute Gasteiger partial charge is 0.263 e. The van der Waals surface area contributed by atoms with E-state index in [-0.39, 0.29) is 5.91 Å². The molecule has 0 bridgehead atoms. The van der Waals surface area contributed by atoms with Crippen LogP contribution in [0.1, 0.15) is 28.4 Å². The van der Waals surface area contributed by atoms with E-state index in [1.807, 2.05) is 0 Å². The molecule has 2 aromatic carbocycles. The summed E-state index contributed by atoms with van der Waals surface area (Å²) in [5, 5.41) is 4.80. The summed E-state index contributed by atoms with van der Waals surface area (Å²) in [5.41, 5.74) is 4.62. The highest BCUT2D eigenvalue weighted by Crippen LogP contribution is 2.39. The molecule has 0 spiro atoms. The average molecular weight is 486 g/mol. The molecule has 164 valence electrons. The highest BCUT2D eigenvalue weighted by atomic mass is 35.5. The first-order chi connectivity index (χ1) is 15.5. The Morgan fingerprint density at radius 2 is 1.97 bits per heavy atom. The van der Waals surface area contributed by atoms with Crippen LogP contribution in [0.4, 0.5) is 17.3 Å². The van der Waals surface area contributed by atoms with Crippen LogP contribution in [-0.4, -0.2) is 39.7 Å². The van der Waals surface area contributed by atoms with E-state index in [2.05, 4.69) is 45.3 Å². The maximum Gasteiger partial charge on any atom is 0.263 e. The van der Waals surface area contributed by atoms with Crippen LogP contribution in [0.15, 0.2) is 47.6 Å². The molecule has 5 rings (SSSR count). The van der Waals surface area contributed by atoms with Crippen molar-refractivity contribution < 1.29 is 4.79 Å². The zero-order valence-corrected chi connectivity index (χ0v) is 19.8. The van der Waals surface area contributed by atoms with Gasteiger partial charge in [-0.25, -0.2) is 9.97 Å². The summed E-state index contributed by atoms with van der Waals surface area (Å²) in [5.74, 6) is 0.627. The van der Waals surface area contributed by atoms with Gasteiger partial charge in [0.2, 0.25) is 5.95 Å². The summed E-state index contributed by atoms with van der Waals surface area (Å²) in [4.78, 5) is 26.1. The first-order valence-corrected chi connectivity index (χ1v) is 12.1. The van der Waals surface area contributed by atoms with Crippen LogP contribution in [0.25, 0.3) is 0 Å². The van der Waals surface area contributed by atoms with Crippen LogP contribution >= 0.6 is 35.0 Å². The lowest BCUT2D eigenvalue weighted by molar-refractivity contribution is 0.0985. The molecule has 0 atom stereocenters. The summed E-state index contributed by atoms with van der Waals surface area (Å²) in [6.45, 7) is 5.30. The molecule has 3 heterocycles. The van der Waals surface area contributed by atoms with Crippen molar-refractivity contribution in [2.24, 2.45) is 0 Å². The van der Waals surface area contributed by atoms with Gasteiger partial charge in [-0.1, -0.05) is 54.0 Å². The zero-order valence-electron chi connectivity index (χ0n) is 17.4. The standard InChI is InChI=1S/C23H21Cl2N5OS/c1-2-29-9-8-14-6-7-16(10-15(14)12-29)27-23-26-11-17-21(28-23)32-13-30(22(17)31)20-18(24)4-3-5-19(20)25/h3-7,10-11H,2,8-9,12-13H2,1H3,(H,26,27,28). The van der Waals surface area contributed by atoms with Gasteiger partial charge in [0.1, 0.15) is 5.03 Å². The Morgan fingerprint density at radius 1 is 1.16 bits per heavy atom. The molecule has 0 aliphatic carbocycles. The van der Waals surface area contributed by atoms with Crippen molar-refractivity contribution in [3.8, 4) is 0 Å². The maximum absolute atomic E-state index is 13.1. The number of fused-ring (bicyclic) bond motifs is 2. The van der Waals surface area contributed by atoms with Crippen LogP contribution < -0.4 is 10.2 Å². The van der Waals surface area contributed by atoms with E-state index >= 15 is 0 Å². The Kier molecular flexibility index (Phi) is 5.99. The van der Waals surface area contributed by atoms with E-state index in [0.29, 0.717) is 38.1 Å². The molecule has 0 saturated carbocycles. The van der Waals surface area contributed by atoms with Crippen molar-refractivity contribution in [2.75, 3.05) is 29.2 Å². The van der Waals surface area contributed by atoms with Gasteiger partial charge in [-0.2, -0.15) is 0 Å². The molecule has 3 aromatic rings. The van der Waals surface area contributed by atoms with Gasteiger partial charge in [-0.3, -0.25) is 14.6 Å². The molecule has 2 aliphatic heterocycles. The van der Waals surface area contributed by atoms with E-state index in [4.69, 9.17) is 23.2 Å². The van der Waals surface area contributed by atoms with Crippen LogP contribution in [0.5, 0.6) is 0 Å². The van der Waals surface area contributed by atoms with Crippen LogP contribution in [0.2, 0.25) is 10.0 Å². The predicted octanol–water partition coefficient (Wildman–Crippen LogP) is 5.62. The number of hydrogen-bond donors (Lipinski definition) is 1. The molecule has 32 heavy (non-hydrogen) atoms. The fourth-order valence-electron chi connectivity index (χ4n) is 4.02. The second-order valence-electron chi connectivity index (χ2n) is 7.72. The Hall–Kier alpha value is -2.32. The summed E-state index contributed by atoms with van der Waals surface area (Å²) in [6.07, 6.45) is 2.64. The number of nitrogens with zero attached hydrogens (tertiary/aromatic N) is 4. The molecule has 1 aromatic heterocycles. The van der Waals surface area contributed by atoms with Crippen molar-refractivity contribution >= 4 is 58.2 Å². The largest absolute Gasteiger partial charge is 0.324 e. The van der Waals surface area contributed by atoms with Crippen molar-refractivity contribution in [3.05, 3.63) is 69.3 Å². The number of aromatic nitrogens is 2. The van der Waals surface area contributed by atoms with Crippen LogP contribution in [0.3, 0.4) is 0 Å². The van der Waals surface area contributed by atoms with E-state index in [1.165, 1.54) is 22.9 Å². The number of likely N-dealkylation sites (N-methyl/N-ethyl adjacent to an activating group) is 1. The van der Waals surface area contributed by atoms with Crippen LogP contribution in [-0.2, 0) is 13.0 Å². The number of rotatable bonds is 4. The molecule has 2 aliphatic rings. The third-order valence-corrected chi connectivity index (χ3v) is 7.35. The number of halogens is 2. The topological polar surface area (TPSA) is 61.4 Å². The van der Waals surface area contributed by atoms with Gasteiger partial charge in [0.15, 0.2) is 0 Å². The lowest BCUT2D eigenvalue weighted by Crippen LogP contribution is -2.35. The van der Waals surface area contributed by atoms with Gasteiger partial charge in [-0.05, 0) is 48.4 Å². The number of carbonyl (C=O) groups is 1. The number of benzene rings is 2. The van der Waals surface area contributed by atoms with Gasteiger partial charge in [0.25, 0.3) is 5.91 Å². The normalized spacial score (nSPS) is 16.0. The lowest BCUT2D eigenvalue weighted by atomic mass is 9.99. The predicted molar refractivity (Wildman–Crippen MR) is 130 cm³/mol. The van der Waals surface area contributed by atoms with E-state index in [1.54, 1.807) is 29.3 Å². The molecule has 0 saturated heterocycles. The van der Waals surface area contributed by atoms with E-state index in [0.717, 1.165) is 31.7 Å². The number of amides is 1. The van der Waals surface area contributed by atoms with Crippen LogP contribution in [0, 0.1) is 0 Å². The first-order valence-electron chi connectivity index (χ1n) is 10.4. The quantitative estimate of drug-likeness (QED) is 0.484. The summed E-state index contributed by atoms with van der Waals surface area (Å²) < 4.78 is 0. The average Bonchev–Trinajstić information content (AvgIpc) is 2.80. The Balaban J connectivity index is 1.37. The SMILES string of the molecule is CCN1CCc2ccc(Nc3ncc4c(n3)SCN(c3c(Cl)cccc3Cl)C4=O)cc2C1. The molecule has 6 nitrogen and oxygen atoms in total. The van der Waals surface area contributed by atoms with Gasteiger partial charge in [0, 0.05) is 25.0 Å². The molecular formula is C23H21Cl2N5OS. The van der Waals surface area contributed by atoms with E-state index < -0.39 is 0 Å². The van der Waals surface area contributed by atoms with Gasteiger partial charge in [0.05, 0.1) is 27.2 Å². The lowest BCUT2D eigenvalue weighted by Gasteiger charge is -2.29. The minimum atomic E-state index is -0.214. The van der Waals surface area contributed by atoms with Gasteiger partial charge in [-0.15, -0.1) is 0 Å². The summed E-state index contributed by atoms with van der Waals surface area (Å²) in [6, 6.07) is 11.6. The molecule has 9 heteroatoms. The number of thioether (sulfide) groups is 1.